The molecule has 2 N–H and O–H groups in total. The molecule has 1 fully saturated rings. The molecule has 0 bridgehead atoms. The molecule has 2 aliphatic rings. The fourth-order valence-corrected chi connectivity index (χ4v) is 5.19. The van der Waals surface area contributed by atoms with Crippen molar-refractivity contribution >= 4 is 39.9 Å². The molecule has 1 aromatic carbocycles. The summed E-state index contributed by atoms with van der Waals surface area (Å²) in [4.78, 5) is 22.7. The van der Waals surface area contributed by atoms with Gasteiger partial charge in [-0.2, -0.15) is 5.10 Å². The molecule has 198 valence electrons. The van der Waals surface area contributed by atoms with E-state index in [0.29, 0.717) is 47.0 Å². The zero-order chi connectivity index (χ0) is 26.9. The molecule has 3 heterocycles. The summed E-state index contributed by atoms with van der Waals surface area (Å²) in [7, 11) is 1.50. The summed E-state index contributed by atoms with van der Waals surface area (Å²) < 4.78 is 27.0. The van der Waals surface area contributed by atoms with E-state index in [0.717, 1.165) is 18.4 Å². The Hall–Kier alpha value is -3.76. The minimum atomic E-state index is -1.31. The minimum Gasteiger partial charge on any atom is -0.489 e. The van der Waals surface area contributed by atoms with Crippen LogP contribution in [0.2, 0.25) is 0 Å². The van der Waals surface area contributed by atoms with E-state index >= 15 is 0 Å². The van der Waals surface area contributed by atoms with E-state index in [-0.39, 0.29) is 30.8 Å². The largest absolute Gasteiger partial charge is 0.489 e. The van der Waals surface area contributed by atoms with Crippen molar-refractivity contribution < 1.29 is 18.7 Å². The van der Waals surface area contributed by atoms with E-state index in [2.05, 4.69) is 16.5 Å². The quantitative estimate of drug-likeness (QED) is 0.351. The van der Waals surface area contributed by atoms with Crippen LogP contribution in [-0.4, -0.2) is 55.8 Å². The predicted molar refractivity (Wildman–Crippen MR) is 142 cm³/mol. The number of hydrogen-bond acceptors (Lipinski definition) is 7. The van der Waals surface area contributed by atoms with Gasteiger partial charge in [-0.15, -0.1) is 0 Å². The Bertz CT molecular complexity index is 1450. The van der Waals surface area contributed by atoms with Crippen molar-refractivity contribution in [3.8, 4) is 0 Å². The van der Waals surface area contributed by atoms with Gasteiger partial charge in [0.05, 0.1) is 11.4 Å². The van der Waals surface area contributed by atoms with E-state index in [9.17, 15) is 9.18 Å². The number of rotatable bonds is 7. The molecule has 1 aliphatic carbocycles. The fourth-order valence-electron chi connectivity index (χ4n) is 4.93. The van der Waals surface area contributed by atoms with Gasteiger partial charge in [-0.1, -0.05) is 36.4 Å². The number of carbonyl (C=O) groups is 1. The minimum absolute atomic E-state index is 0.0914. The zero-order valence-corrected chi connectivity index (χ0v) is 21.7. The van der Waals surface area contributed by atoms with Gasteiger partial charge in [-0.3, -0.25) is 4.79 Å². The van der Waals surface area contributed by atoms with Crippen molar-refractivity contribution in [3.63, 3.8) is 0 Å². The summed E-state index contributed by atoms with van der Waals surface area (Å²) in [6.45, 7) is 4.89. The Morgan fingerprint density at radius 2 is 2.21 bits per heavy atom. The number of carbonyl (C=O) groups excluding carboxylic acids is 1. The van der Waals surface area contributed by atoms with Crippen molar-refractivity contribution in [3.05, 3.63) is 78.2 Å². The normalized spacial score (nSPS) is 21.7. The van der Waals surface area contributed by atoms with Gasteiger partial charge in [-0.25, -0.2) is 19.0 Å². The first kappa shape index (κ1) is 25.9. The number of piperidine rings is 1. The van der Waals surface area contributed by atoms with Crippen molar-refractivity contribution in [2.45, 2.75) is 37.0 Å². The number of allylic oxidation sites excluding steroid dienone is 2. The van der Waals surface area contributed by atoms with Crippen molar-refractivity contribution in [2.24, 2.45) is 0 Å². The third kappa shape index (κ3) is 4.89. The van der Waals surface area contributed by atoms with Gasteiger partial charge in [0.1, 0.15) is 36.0 Å². The van der Waals surface area contributed by atoms with E-state index in [1.165, 1.54) is 31.6 Å². The topological polar surface area (TPSA) is 108 Å². The summed E-state index contributed by atoms with van der Waals surface area (Å²) >= 11 is 6.90. The molecule has 38 heavy (non-hydrogen) atoms. The van der Waals surface area contributed by atoms with E-state index in [1.54, 1.807) is 23.1 Å². The number of nitrogen functional groups attached to an aromatic ring is 1. The molecule has 2 unspecified atom stereocenters. The molecule has 0 radical (unpaired) electrons. The first-order valence-electron chi connectivity index (χ1n) is 12.3. The monoisotopic (exact) mass is 538 g/mol. The zero-order valence-electron chi connectivity index (χ0n) is 20.9. The van der Waals surface area contributed by atoms with Crippen molar-refractivity contribution in [1.82, 2.24) is 24.6 Å². The molecule has 5 rings (SSSR count). The molecule has 0 spiro atoms. The summed E-state index contributed by atoms with van der Waals surface area (Å²) in [5, 5.41) is 4.22. The van der Waals surface area contributed by atoms with Gasteiger partial charge >= 0.3 is 0 Å². The van der Waals surface area contributed by atoms with Crippen LogP contribution in [0.1, 0.15) is 36.6 Å². The maximum atomic E-state index is 13.6. The van der Waals surface area contributed by atoms with Crippen LogP contribution < -0.4 is 5.73 Å². The molecule has 0 saturated carbocycles. The van der Waals surface area contributed by atoms with Gasteiger partial charge in [0.25, 0.3) is 0 Å². The van der Waals surface area contributed by atoms with Crippen LogP contribution in [0.3, 0.4) is 0 Å². The number of anilines is 1. The number of hydrogen-bond donors (Lipinski definition) is 1. The lowest BCUT2D eigenvalue weighted by atomic mass is 9.96. The standard InChI is InChI=1S/C27H28ClFN6O3/c1-3-22(36)34-11-5-8-20(14-34)35-26-23(25(30)31-16-32-26)24(33-35)18-9-10-21(27(28,13-18)37-2)38-15-17-6-4-7-19(29)12-17/h3-4,6-7,9-10,12,16,20H,1,5,8,11,13-15H2,2H3,(H2,30,31,32). The smallest absolute Gasteiger partial charge is 0.246 e. The van der Waals surface area contributed by atoms with Crippen molar-refractivity contribution in [1.29, 1.82) is 0 Å². The summed E-state index contributed by atoms with van der Waals surface area (Å²) in [6.07, 6.45) is 8.20. The van der Waals surface area contributed by atoms with E-state index in [1.807, 2.05) is 10.8 Å². The maximum absolute atomic E-state index is 13.6. The highest BCUT2D eigenvalue weighted by Crippen LogP contribution is 2.43. The summed E-state index contributed by atoms with van der Waals surface area (Å²) in [5.41, 5.74) is 8.92. The average Bonchev–Trinajstić information content (AvgIpc) is 3.33. The number of likely N-dealkylation sites (tertiary alicyclic amines) is 1. The van der Waals surface area contributed by atoms with Gasteiger partial charge in [0.15, 0.2) is 5.65 Å². The third-order valence-corrected chi connectivity index (χ3v) is 7.35. The Labute approximate surface area is 224 Å². The molecule has 1 amide bonds. The molecule has 1 saturated heterocycles. The summed E-state index contributed by atoms with van der Waals surface area (Å²) in [6, 6.07) is 6.08. The first-order chi connectivity index (χ1) is 18.3. The molecule has 2 aromatic heterocycles. The highest BCUT2D eigenvalue weighted by atomic mass is 35.5. The second-order valence-corrected chi connectivity index (χ2v) is 9.90. The number of halogens is 2. The van der Waals surface area contributed by atoms with E-state index < -0.39 is 5.06 Å². The van der Waals surface area contributed by atoms with Crippen LogP contribution in [0.5, 0.6) is 0 Å². The number of amides is 1. The Morgan fingerprint density at radius 1 is 1.37 bits per heavy atom. The molecule has 2 atom stereocenters. The molecule has 9 nitrogen and oxygen atoms in total. The van der Waals surface area contributed by atoms with Crippen LogP contribution in [0.25, 0.3) is 16.6 Å². The lowest BCUT2D eigenvalue weighted by Crippen LogP contribution is -2.40. The number of fused-ring (bicyclic) bond motifs is 1. The van der Waals surface area contributed by atoms with Gasteiger partial charge < -0.3 is 20.1 Å². The number of ether oxygens (including phenoxy) is 2. The molecule has 3 aromatic rings. The second kappa shape index (κ2) is 10.5. The highest BCUT2D eigenvalue weighted by molar-refractivity contribution is 6.25. The van der Waals surface area contributed by atoms with Crippen LogP contribution in [0.4, 0.5) is 10.2 Å². The highest BCUT2D eigenvalue weighted by Gasteiger charge is 2.39. The van der Waals surface area contributed by atoms with Gasteiger partial charge in [-0.05, 0) is 48.3 Å². The number of nitrogens with zero attached hydrogens (tertiary/aromatic N) is 5. The van der Waals surface area contributed by atoms with Crippen LogP contribution >= 0.6 is 11.6 Å². The number of alkyl halides is 1. The second-order valence-electron chi connectivity index (χ2n) is 9.29. The number of benzene rings is 1. The van der Waals surface area contributed by atoms with E-state index in [4.69, 9.17) is 31.9 Å². The Kier molecular flexibility index (Phi) is 7.18. The Morgan fingerprint density at radius 3 is 2.97 bits per heavy atom. The average molecular weight is 539 g/mol. The SMILES string of the molecule is C=CC(=O)N1CCCC(n2nc(C3=CC=C(OCc4cccc(F)c4)C(Cl)(OC)C3)c3c(N)ncnc32)C1. The summed E-state index contributed by atoms with van der Waals surface area (Å²) in [5.74, 6) is 0.237. The van der Waals surface area contributed by atoms with Crippen LogP contribution in [0, 0.1) is 5.82 Å². The van der Waals surface area contributed by atoms with Gasteiger partial charge in [0.2, 0.25) is 11.0 Å². The number of methoxy groups -OCH3 is 1. The lowest BCUT2D eigenvalue weighted by Gasteiger charge is -2.32. The first-order valence-corrected chi connectivity index (χ1v) is 12.6. The molecular weight excluding hydrogens is 511 g/mol. The number of nitrogens with two attached hydrogens (primary N) is 1. The third-order valence-electron chi connectivity index (χ3n) is 6.88. The van der Waals surface area contributed by atoms with Crippen LogP contribution in [-0.2, 0) is 20.9 Å². The Balaban J connectivity index is 1.50. The number of aromatic nitrogens is 4. The van der Waals surface area contributed by atoms with Crippen LogP contribution in [0.15, 0.2) is 61.2 Å². The molecule has 1 aliphatic heterocycles. The lowest BCUT2D eigenvalue weighted by molar-refractivity contribution is -0.127. The predicted octanol–water partition coefficient (Wildman–Crippen LogP) is 4.37. The van der Waals surface area contributed by atoms with Crippen molar-refractivity contribution in [2.75, 3.05) is 25.9 Å². The maximum Gasteiger partial charge on any atom is 0.246 e. The fraction of sp³-hybridized carbons (Fsp3) is 0.333. The molecular formula is C27H28ClFN6O3. The van der Waals surface area contributed by atoms with Gasteiger partial charge in [0, 0.05) is 26.6 Å². The molecule has 11 heteroatoms.